The van der Waals surface area contributed by atoms with Gasteiger partial charge in [0.05, 0.1) is 6.20 Å². The zero-order chi connectivity index (χ0) is 16.9. The SMILES string of the molecule is N#Cc1ncc(N2CCCC(NC(=O)N3CCCCC3)C2)nc1Cl. The third-order valence-electron chi connectivity index (χ3n) is 4.54. The monoisotopic (exact) mass is 348 g/mol. The molecule has 3 rings (SSSR count). The van der Waals surface area contributed by atoms with Gasteiger partial charge in [-0.15, -0.1) is 0 Å². The molecule has 1 atom stereocenters. The second kappa shape index (κ2) is 7.67. The molecule has 7 nitrogen and oxygen atoms in total. The molecule has 0 saturated carbocycles. The van der Waals surface area contributed by atoms with Crippen molar-refractivity contribution >= 4 is 23.4 Å². The number of carbonyl (C=O) groups is 1. The van der Waals surface area contributed by atoms with E-state index in [0.717, 1.165) is 45.3 Å². The molecule has 0 radical (unpaired) electrons. The van der Waals surface area contributed by atoms with Crippen molar-refractivity contribution < 1.29 is 4.79 Å². The Morgan fingerprint density at radius 2 is 2.08 bits per heavy atom. The maximum absolute atomic E-state index is 12.4. The van der Waals surface area contributed by atoms with E-state index in [0.29, 0.717) is 12.4 Å². The van der Waals surface area contributed by atoms with Crippen LogP contribution in [0.25, 0.3) is 0 Å². The molecule has 0 aromatic carbocycles. The van der Waals surface area contributed by atoms with E-state index < -0.39 is 0 Å². The van der Waals surface area contributed by atoms with Gasteiger partial charge in [0.1, 0.15) is 11.9 Å². The lowest BCUT2D eigenvalue weighted by molar-refractivity contribution is 0.181. The molecule has 2 aliphatic heterocycles. The Balaban J connectivity index is 1.61. The maximum Gasteiger partial charge on any atom is 0.317 e. The summed E-state index contributed by atoms with van der Waals surface area (Å²) >= 11 is 5.97. The van der Waals surface area contributed by atoms with E-state index in [1.165, 1.54) is 6.42 Å². The van der Waals surface area contributed by atoms with Crippen LogP contribution in [0, 0.1) is 11.3 Å². The van der Waals surface area contributed by atoms with Crippen LogP contribution in [0.5, 0.6) is 0 Å². The molecule has 0 spiro atoms. The first-order valence-electron chi connectivity index (χ1n) is 8.40. The summed E-state index contributed by atoms with van der Waals surface area (Å²) in [5.74, 6) is 0.649. The smallest absolute Gasteiger partial charge is 0.317 e. The predicted octanol–water partition coefficient (Wildman–Crippen LogP) is 2.17. The van der Waals surface area contributed by atoms with Crippen LogP contribution >= 0.6 is 11.6 Å². The summed E-state index contributed by atoms with van der Waals surface area (Å²) in [6.07, 6.45) is 6.86. The minimum atomic E-state index is 0.0329. The molecule has 2 aliphatic rings. The number of nitrogens with one attached hydrogen (secondary N) is 1. The lowest BCUT2D eigenvalue weighted by atomic mass is 10.1. The molecule has 1 aromatic heterocycles. The van der Waals surface area contributed by atoms with E-state index in [1.54, 1.807) is 6.20 Å². The van der Waals surface area contributed by atoms with Gasteiger partial charge in [-0.05, 0) is 32.1 Å². The molecular formula is C16H21ClN6O. The van der Waals surface area contributed by atoms with Crippen molar-refractivity contribution in [1.29, 1.82) is 5.26 Å². The molecule has 1 unspecified atom stereocenters. The van der Waals surface area contributed by atoms with Crippen molar-refractivity contribution in [2.24, 2.45) is 0 Å². The second-order valence-corrected chi connectivity index (χ2v) is 6.62. The first-order valence-corrected chi connectivity index (χ1v) is 8.78. The number of urea groups is 1. The highest BCUT2D eigenvalue weighted by atomic mass is 35.5. The van der Waals surface area contributed by atoms with Gasteiger partial charge in [0.25, 0.3) is 0 Å². The zero-order valence-electron chi connectivity index (χ0n) is 13.5. The third kappa shape index (κ3) is 3.88. The number of hydrogen-bond acceptors (Lipinski definition) is 5. The van der Waals surface area contributed by atoms with Crippen LogP contribution in [-0.4, -0.2) is 53.1 Å². The molecule has 3 heterocycles. The number of amides is 2. The molecule has 1 N–H and O–H groups in total. The lowest BCUT2D eigenvalue weighted by Gasteiger charge is -2.35. The molecule has 0 bridgehead atoms. The zero-order valence-corrected chi connectivity index (χ0v) is 14.3. The van der Waals surface area contributed by atoms with Gasteiger partial charge in [-0.2, -0.15) is 5.26 Å². The fourth-order valence-corrected chi connectivity index (χ4v) is 3.43. The largest absolute Gasteiger partial charge is 0.353 e. The summed E-state index contributed by atoms with van der Waals surface area (Å²) < 4.78 is 0. The topological polar surface area (TPSA) is 85.2 Å². The predicted molar refractivity (Wildman–Crippen MR) is 90.9 cm³/mol. The first-order chi connectivity index (χ1) is 11.7. The van der Waals surface area contributed by atoms with Crippen LogP contribution in [0.4, 0.5) is 10.6 Å². The van der Waals surface area contributed by atoms with Gasteiger partial charge in [0.15, 0.2) is 10.8 Å². The summed E-state index contributed by atoms with van der Waals surface area (Å²) in [6, 6.07) is 2.03. The van der Waals surface area contributed by atoms with E-state index in [-0.39, 0.29) is 22.9 Å². The Hall–Kier alpha value is -2.07. The third-order valence-corrected chi connectivity index (χ3v) is 4.80. The van der Waals surface area contributed by atoms with E-state index >= 15 is 0 Å². The number of rotatable bonds is 2. The quantitative estimate of drug-likeness (QED) is 0.885. The highest BCUT2D eigenvalue weighted by Gasteiger charge is 2.25. The summed E-state index contributed by atoms with van der Waals surface area (Å²) in [7, 11) is 0. The number of halogens is 1. The Morgan fingerprint density at radius 3 is 2.79 bits per heavy atom. The van der Waals surface area contributed by atoms with E-state index in [1.807, 2.05) is 11.0 Å². The first kappa shape index (κ1) is 16.8. The number of aromatic nitrogens is 2. The number of carbonyl (C=O) groups excluding carboxylic acids is 1. The van der Waals surface area contributed by atoms with Crippen LogP contribution in [0.3, 0.4) is 0 Å². The Kier molecular flexibility index (Phi) is 5.36. The van der Waals surface area contributed by atoms with Crippen molar-refractivity contribution in [2.75, 3.05) is 31.1 Å². The molecule has 24 heavy (non-hydrogen) atoms. The Labute approximate surface area is 146 Å². The molecule has 128 valence electrons. The van der Waals surface area contributed by atoms with Gasteiger partial charge in [-0.25, -0.2) is 14.8 Å². The van der Waals surface area contributed by atoms with Crippen LogP contribution in [0.2, 0.25) is 5.15 Å². The van der Waals surface area contributed by atoms with Crippen molar-refractivity contribution in [3.8, 4) is 6.07 Å². The summed E-state index contributed by atoms with van der Waals surface area (Å²) in [6.45, 7) is 3.21. The van der Waals surface area contributed by atoms with Crippen molar-refractivity contribution in [3.05, 3.63) is 17.0 Å². The number of piperidine rings is 2. The molecule has 8 heteroatoms. The van der Waals surface area contributed by atoms with Crippen molar-refractivity contribution in [3.63, 3.8) is 0 Å². The Morgan fingerprint density at radius 1 is 1.29 bits per heavy atom. The average molecular weight is 349 g/mol. The van der Waals surface area contributed by atoms with E-state index in [4.69, 9.17) is 16.9 Å². The number of likely N-dealkylation sites (tertiary alicyclic amines) is 1. The minimum Gasteiger partial charge on any atom is -0.353 e. The highest BCUT2D eigenvalue weighted by molar-refractivity contribution is 6.30. The fourth-order valence-electron chi connectivity index (χ4n) is 3.25. The second-order valence-electron chi connectivity index (χ2n) is 6.26. The molecule has 2 saturated heterocycles. The van der Waals surface area contributed by atoms with Gasteiger partial charge in [-0.3, -0.25) is 0 Å². The maximum atomic E-state index is 12.4. The fraction of sp³-hybridized carbons (Fsp3) is 0.625. The molecule has 2 fully saturated rings. The van der Waals surface area contributed by atoms with E-state index in [2.05, 4.69) is 20.2 Å². The van der Waals surface area contributed by atoms with Crippen LogP contribution in [0.15, 0.2) is 6.20 Å². The molecule has 0 aliphatic carbocycles. The van der Waals surface area contributed by atoms with Gasteiger partial charge < -0.3 is 15.1 Å². The van der Waals surface area contributed by atoms with Crippen molar-refractivity contribution in [1.82, 2.24) is 20.2 Å². The normalized spacial score (nSPS) is 21.2. The van der Waals surface area contributed by atoms with Crippen LogP contribution < -0.4 is 10.2 Å². The average Bonchev–Trinajstić information content (AvgIpc) is 2.62. The summed E-state index contributed by atoms with van der Waals surface area (Å²) in [5.41, 5.74) is 0.132. The number of nitriles is 1. The number of anilines is 1. The Bertz CT molecular complexity index is 640. The summed E-state index contributed by atoms with van der Waals surface area (Å²) in [4.78, 5) is 24.6. The van der Waals surface area contributed by atoms with Crippen molar-refractivity contribution in [2.45, 2.75) is 38.1 Å². The van der Waals surface area contributed by atoms with Gasteiger partial charge in [0, 0.05) is 32.2 Å². The number of nitrogens with zero attached hydrogens (tertiary/aromatic N) is 5. The van der Waals surface area contributed by atoms with E-state index in [9.17, 15) is 4.79 Å². The standard InChI is InChI=1S/C16H21ClN6O/c17-15-13(9-18)19-10-14(21-15)23-8-4-5-12(11-23)20-16(24)22-6-2-1-3-7-22/h10,12H,1-8,11H2,(H,20,24). The van der Waals surface area contributed by atoms with Crippen LogP contribution in [0.1, 0.15) is 37.8 Å². The minimum absolute atomic E-state index is 0.0329. The highest BCUT2D eigenvalue weighted by Crippen LogP contribution is 2.20. The lowest BCUT2D eigenvalue weighted by Crippen LogP contribution is -2.52. The summed E-state index contributed by atoms with van der Waals surface area (Å²) in [5, 5.41) is 12.1. The molecular weight excluding hydrogens is 328 g/mol. The van der Waals surface area contributed by atoms with Gasteiger partial charge in [-0.1, -0.05) is 11.6 Å². The van der Waals surface area contributed by atoms with Crippen LogP contribution in [-0.2, 0) is 0 Å². The molecule has 1 aromatic rings. The molecule has 2 amide bonds. The van der Waals surface area contributed by atoms with Gasteiger partial charge >= 0.3 is 6.03 Å². The van der Waals surface area contributed by atoms with Gasteiger partial charge in [0.2, 0.25) is 0 Å². The number of hydrogen-bond donors (Lipinski definition) is 1.